The van der Waals surface area contributed by atoms with E-state index in [0.29, 0.717) is 0 Å². The van der Waals surface area contributed by atoms with Crippen molar-refractivity contribution >= 4 is 37.1 Å². The van der Waals surface area contributed by atoms with Crippen LogP contribution in [0.25, 0.3) is 11.2 Å². The Bertz CT molecular complexity index is 1320. The predicted molar refractivity (Wildman–Crippen MR) is 138 cm³/mol. The largest absolute Gasteiger partial charge is 0.510 e. The van der Waals surface area contributed by atoms with Crippen LogP contribution in [0, 0.1) is 12.3 Å². The minimum absolute atomic E-state index is 0.0373. The molecule has 19 heteroatoms. The average molecular weight is 619 g/mol. The number of phosphoric ester groups is 1. The number of aromatic nitrogens is 4. The maximum Gasteiger partial charge on any atom is 0.510 e. The molecule has 2 aromatic rings. The van der Waals surface area contributed by atoms with Gasteiger partial charge in [-0.05, 0) is 27.7 Å². The summed E-state index contributed by atoms with van der Waals surface area (Å²) in [6.07, 6.45) is 2.57. The Labute approximate surface area is 239 Å². The Balaban J connectivity index is 1.78. The van der Waals surface area contributed by atoms with Crippen LogP contribution in [0.2, 0.25) is 0 Å². The van der Waals surface area contributed by atoms with Crippen LogP contribution in [0.3, 0.4) is 0 Å². The van der Waals surface area contributed by atoms with Crippen LogP contribution in [0.1, 0.15) is 40.3 Å². The summed E-state index contributed by atoms with van der Waals surface area (Å²) in [6.45, 7) is 2.06. The lowest BCUT2D eigenvalue weighted by molar-refractivity contribution is -0.126. The number of imidazole rings is 1. The number of ether oxygens (including phenoxy) is 5. The highest BCUT2D eigenvalue weighted by molar-refractivity contribution is 7.48. The fourth-order valence-electron chi connectivity index (χ4n) is 3.65. The molecule has 232 valence electrons. The Hall–Kier alpha value is -3.59. The molecule has 0 bridgehead atoms. The van der Waals surface area contributed by atoms with Gasteiger partial charge in [-0.25, -0.2) is 42.5 Å². The second kappa shape index (κ2) is 13.6. The van der Waals surface area contributed by atoms with E-state index in [1.807, 2.05) is 0 Å². The first-order valence-electron chi connectivity index (χ1n) is 12.3. The molecule has 3 rings (SSSR count). The van der Waals surface area contributed by atoms with Crippen molar-refractivity contribution in [3.05, 3.63) is 12.7 Å². The fourth-order valence-corrected chi connectivity index (χ4v) is 4.63. The van der Waals surface area contributed by atoms with Crippen LogP contribution < -0.4 is 5.73 Å². The van der Waals surface area contributed by atoms with Crippen molar-refractivity contribution in [2.24, 2.45) is 0 Å². The van der Waals surface area contributed by atoms with Gasteiger partial charge >= 0.3 is 20.1 Å². The number of aliphatic hydroxyl groups is 1. The standard InChI is InChI=1S/C23H31FN5O12P/c1-6-23(32)7-22(8-24,41-19(23)29-11-28-16-17(25)26-10-27-18(16)29)9-36-42(33,37-12-34-20(30)39-14(2)3)38-13-35-21(31)40-15(4)5/h1,10-11,14-15,19,32H,7-9,12-13H2,2-5H3,(H2,25,26,27). The number of nitrogens with two attached hydrogens (primary N) is 1. The van der Waals surface area contributed by atoms with E-state index in [-0.39, 0.29) is 17.0 Å². The molecule has 3 N–H and O–H groups in total. The topological polar surface area (TPSA) is 215 Å². The maximum atomic E-state index is 14.6. The predicted octanol–water partition coefficient (Wildman–Crippen LogP) is 2.60. The highest BCUT2D eigenvalue weighted by Crippen LogP contribution is 2.53. The van der Waals surface area contributed by atoms with Gasteiger partial charge in [-0.3, -0.25) is 9.09 Å². The van der Waals surface area contributed by atoms with Crippen LogP contribution in [-0.2, 0) is 41.8 Å². The van der Waals surface area contributed by atoms with Gasteiger partial charge < -0.3 is 34.5 Å². The minimum Gasteiger partial charge on any atom is -0.432 e. The van der Waals surface area contributed by atoms with E-state index in [9.17, 15) is 23.7 Å². The van der Waals surface area contributed by atoms with Crippen molar-refractivity contribution < 1.29 is 60.9 Å². The number of fused-ring (bicyclic) bond motifs is 1. The summed E-state index contributed by atoms with van der Waals surface area (Å²) in [6, 6.07) is 0. The first-order chi connectivity index (χ1) is 19.8. The first kappa shape index (κ1) is 32.9. The van der Waals surface area contributed by atoms with Crippen LogP contribution in [0.5, 0.6) is 0 Å². The Morgan fingerprint density at radius 2 is 1.76 bits per heavy atom. The molecule has 42 heavy (non-hydrogen) atoms. The van der Waals surface area contributed by atoms with Gasteiger partial charge in [0.25, 0.3) is 0 Å². The lowest BCUT2D eigenvalue weighted by Crippen LogP contribution is -2.38. The van der Waals surface area contributed by atoms with Crippen molar-refractivity contribution in [3.63, 3.8) is 0 Å². The summed E-state index contributed by atoms with van der Waals surface area (Å²) < 4.78 is 69.1. The minimum atomic E-state index is -4.79. The number of terminal acetylenes is 1. The summed E-state index contributed by atoms with van der Waals surface area (Å²) in [5.74, 6) is 2.22. The number of rotatable bonds is 13. The van der Waals surface area contributed by atoms with Crippen LogP contribution in [-0.4, -0.2) is 87.2 Å². The maximum absolute atomic E-state index is 14.6. The molecule has 17 nitrogen and oxygen atoms in total. The quantitative estimate of drug-likeness (QED) is 0.143. The monoisotopic (exact) mass is 619 g/mol. The van der Waals surface area contributed by atoms with Gasteiger partial charge in [0.05, 0.1) is 25.1 Å². The molecule has 0 aliphatic carbocycles. The van der Waals surface area contributed by atoms with E-state index in [1.54, 1.807) is 27.7 Å². The number of alkyl halides is 1. The lowest BCUT2D eigenvalue weighted by Gasteiger charge is -2.27. The van der Waals surface area contributed by atoms with Gasteiger partial charge in [-0.2, -0.15) is 0 Å². The average Bonchev–Trinajstić information content (AvgIpc) is 3.47. The molecule has 1 aliphatic heterocycles. The molecule has 3 unspecified atom stereocenters. The first-order valence-corrected chi connectivity index (χ1v) is 13.8. The third kappa shape index (κ3) is 8.03. The lowest BCUT2D eigenvalue weighted by atomic mass is 9.91. The van der Waals surface area contributed by atoms with Gasteiger partial charge in [-0.1, -0.05) is 5.92 Å². The summed E-state index contributed by atoms with van der Waals surface area (Å²) in [5.41, 5.74) is 1.97. The van der Waals surface area contributed by atoms with Gasteiger partial charge in [0.2, 0.25) is 13.6 Å². The fraction of sp³-hybridized carbons (Fsp3) is 0.609. The number of anilines is 1. The van der Waals surface area contributed by atoms with Crippen molar-refractivity contribution in [1.82, 2.24) is 19.5 Å². The number of hydrogen-bond donors (Lipinski definition) is 2. The SMILES string of the molecule is C#CC1(O)CC(CF)(COP(=O)(OCOC(=O)OC(C)C)OCOC(=O)OC(C)C)OC1n1cnc2c(N)ncnc21. The highest BCUT2D eigenvalue weighted by atomic mass is 31.2. The van der Waals surface area contributed by atoms with Crippen LogP contribution in [0.15, 0.2) is 12.7 Å². The van der Waals surface area contributed by atoms with Crippen molar-refractivity contribution in [2.45, 2.75) is 63.8 Å². The van der Waals surface area contributed by atoms with Crippen LogP contribution in [0.4, 0.5) is 19.8 Å². The highest BCUT2D eigenvalue weighted by Gasteiger charge is 2.57. The van der Waals surface area contributed by atoms with Gasteiger partial charge in [0.1, 0.15) is 24.1 Å². The smallest absolute Gasteiger partial charge is 0.432 e. The number of hydrogen-bond acceptors (Lipinski definition) is 16. The third-order valence-corrected chi connectivity index (χ3v) is 6.71. The summed E-state index contributed by atoms with van der Waals surface area (Å²) in [7, 11) is -4.79. The molecule has 1 aliphatic rings. The number of nitrogen functional groups attached to an aromatic ring is 1. The molecule has 1 fully saturated rings. The second-order valence-corrected chi connectivity index (χ2v) is 11.1. The normalized spacial score (nSPS) is 22.3. The molecular formula is C23H31FN5O12P. The molecule has 3 heterocycles. The van der Waals surface area contributed by atoms with Crippen molar-refractivity contribution in [3.8, 4) is 12.3 Å². The molecule has 3 atom stereocenters. The van der Waals surface area contributed by atoms with E-state index in [0.717, 1.165) is 6.33 Å². The van der Waals surface area contributed by atoms with Crippen LogP contribution >= 0.6 is 7.82 Å². The van der Waals surface area contributed by atoms with Crippen molar-refractivity contribution in [2.75, 3.05) is 32.6 Å². The molecule has 1 saturated heterocycles. The van der Waals surface area contributed by atoms with Crippen molar-refractivity contribution in [1.29, 1.82) is 0 Å². The van der Waals surface area contributed by atoms with Gasteiger partial charge in [-0.15, -0.1) is 6.42 Å². The molecule has 0 amide bonds. The number of nitrogens with zero attached hydrogens (tertiary/aromatic N) is 4. The zero-order chi connectivity index (χ0) is 31.1. The molecule has 0 spiro atoms. The summed E-state index contributed by atoms with van der Waals surface area (Å²) in [5, 5.41) is 11.2. The third-order valence-electron chi connectivity index (χ3n) is 5.42. The van der Waals surface area contributed by atoms with Gasteiger partial charge in [0, 0.05) is 6.42 Å². The molecular weight excluding hydrogens is 588 g/mol. The zero-order valence-electron chi connectivity index (χ0n) is 23.1. The van der Waals surface area contributed by atoms with E-state index in [4.69, 9.17) is 39.9 Å². The number of carbonyl (C=O) groups is 2. The van der Waals surface area contributed by atoms with Gasteiger partial charge in [0.15, 0.2) is 23.3 Å². The summed E-state index contributed by atoms with van der Waals surface area (Å²) >= 11 is 0. The number of carbonyl (C=O) groups excluding carboxylic acids is 2. The second-order valence-electron chi connectivity index (χ2n) is 9.45. The Morgan fingerprint density at radius 3 is 2.29 bits per heavy atom. The molecule has 0 radical (unpaired) electrons. The van der Waals surface area contributed by atoms with E-state index in [1.165, 1.54) is 10.9 Å². The number of halogens is 1. The molecule has 0 aromatic carbocycles. The Morgan fingerprint density at radius 1 is 1.17 bits per heavy atom. The van der Waals surface area contributed by atoms with E-state index < -0.39 is 83.1 Å². The molecule has 0 saturated carbocycles. The molecule has 2 aromatic heterocycles. The van der Waals surface area contributed by atoms with E-state index in [2.05, 4.69) is 30.3 Å². The van der Waals surface area contributed by atoms with E-state index >= 15 is 0 Å². The Kier molecular flexibility index (Phi) is 10.7. The number of phosphoric acid groups is 1. The summed E-state index contributed by atoms with van der Waals surface area (Å²) in [4.78, 5) is 35.3. The zero-order valence-corrected chi connectivity index (χ0v) is 24.0.